The summed E-state index contributed by atoms with van der Waals surface area (Å²) < 4.78 is 13.2. The Bertz CT molecular complexity index is 484. The predicted octanol–water partition coefficient (Wildman–Crippen LogP) is 6.39. The third-order valence-corrected chi connectivity index (χ3v) is 11.1. The molecule has 0 aliphatic heterocycles. The van der Waals surface area contributed by atoms with Crippen LogP contribution in [-0.4, -0.2) is 18.9 Å². The molecule has 0 spiro atoms. The van der Waals surface area contributed by atoms with E-state index in [4.69, 9.17) is 9.05 Å². The van der Waals surface area contributed by atoms with E-state index in [0.717, 1.165) is 11.8 Å². The van der Waals surface area contributed by atoms with Crippen LogP contribution in [0.4, 0.5) is 0 Å². The van der Waals surface area contributed by atoms with Crippen LogP contribution < -0.4 is 0 Å². The largest absolute Gasteiger partial charge is 0.330 e. The summed E-state index contributed by atoms with van der Waals surface area (Å²) in [6.07, 6.45) is 8.74. The topological polar surface area (TPSA) is 18.5 Å². The van der Waals surface area contributed by atoms with Gasteiger partial charge in [-0.25, -0.2) is 0 Å². The first-order chi connectivity index (χ1) is 11.0. The summed E-state index contributed by atoms with van der Waals surface area (Å²) in [7, 11) is -0.773. The second kappa shape index (κ2) is 5.20. The van der Waals surface area contributed by atoms with Gasteiger partial charge in [-0.2, -0.15) is 0 Å². The lowest BCUT2D eigenvalue weighted by Crippen LogP contribution is -2.38. The lowest BCUT2D eigenvalue weighted by Gasteiger charge is -2.42. The Balaban J connectivity index is 1.42. The van der Waals surface area contributed by atoms with Crippen LogP contribution in [0.15, 0.2) is 0 Å². The molecule has 0 aromatic carbocycles. The summed E-state index contributed by atoms with van der Waals surface area (Å²) >= 11 is 0. The van der Waals surface area contributed by atoms with Gasteiger partial charge < -0.3 is 9.05 Å². The van der Waals surface area contributed by atoms with Gasteiger partial charge in [-0.3, -0.25) is 0 Å². The van der Waals surface area contributed by atoms with Gasteiger partial charge in [0.1, 0.15) is 0 Å². The molecule has 4 aliphatic carbocycles. The first-order valence-corrected chi connectivity index (χ1v) is 11.7. The second-order valence-electron chi connectivity index (χ2n) is 10.8. The fraction of sp³-hybridized carbons (Fsp3) is 1.00. The Hall–Kier alpha value is 0.350. The van der Waals surface area contributed by atoms with Crippen molar-refractivity contribution in [2.24, 2.45) is 33.5 Å². The van der Waals surface area contributed by atoms with Crippen LogP contribution in [-0.2, 0) is 9.05 Å². The molecule has 4 aliphatic rings. The maximum atomic E-state index is 6.61. The molecule has 0 radical (unpaired) electrons. The van der Waals surface area contributed by atoms with Crippen molar-refractivity contribution < 1.29 is 9.05 Å². The van der Waals surface area contributed by atoms with E-state index in [0.29, 0.717) is 33.9 Å². The molecular formula is C21H37O2P. The molecule has 4 bridgehead atoms. The summed E-state index contributed by atoms with van der Waals surface area (Å²) in [4.78, 5) is 0. The molecule has 0 N–H and O–H groups in total. The lowest BCUT2D eigenvalue weighted by molar-refractivity contribution is -0.000665. The van der Waals surface area contributed by atoms with Crippen LogP contribution in [0, 0.1) is 33.5 Å². The number of rotatable bonds is 4. The number of hydrogen-bond donors (Lipinski definition) is 0. The van der Waals surface area contributed by atoms with E-state index in [1.54, 1.807) is 0 Å². The van der Waals surface area contributed by atoms with Gasteiger partial charge in [-0.15, -0.1) is 0 Å². The van der Waals surface area contributed by atoms with Crippen molar-refractivity contribution in [3.63, 3.8) is 0 Å². The summed E-state index contributed by atoms with van der Waals surface area (Å²) in [5.41, 5.74) is 1.54. The minimum absolute atomic E-state index is 0.343. The molecule has 4 saturated carbocycles. The Morgan fingerprint density at radius 1 is 0.708 bits per heavy atom. The van der Waals surface area contributed by atoms with Crippen LogP contribution in [0.3, 0.4) is 0 Å². The molecule has 2 nitrogen and oxygen atoms in total. The zero-order valence-electron chi connectivity index (χ0n) is 16.8. The van der Waals surface area contributed by atoms with Crippen molar-refractivity contribution in [3.8, 4) is 0 Å². The van der Waals surface area contributed by atoms with E-state index in [-0.39, 0.29) is 0 Å². The smallest absolute Gasteiger partial charge is 0.167 e. The van der Waals surface area contributed by atoms with E-state index in [9.17, 15) is 0 Å². The minimum atomic E-state index is -0.773. The predicted molar refractivity (Wildman–Crippen MR) is 101 cm³/mol. The Morgan fingerprint density at radius 2 is 1.08 bits per heavy atom. The average molecular weight is 352 g/mol. The maximum Gasteiger partial charge on any atom is 0.167 e. The lowest BCUT2D eigenvalue weighted by atomic mass is 9.70. The molecule has 0 aromatic heterocycles. The Labute approximate surface area is 150 Å². The quantitative estimate of drug-likeness (QED) is 0.546. The van der Waals surface area contributed by atoms with Crippen molar-refractivity contribution in [3.05, 3.63) is 0 Å². The molecule has 24 heavy (non-hydrogen) atoms. The monoisotopic (exact) mass is 352 g/mol. The molecule has 0 unspecified atom stereocenters. The van der Waals surface area contributed by atoms with E-state index in [1.807, 2.05) is 0 Å². The molecule has 0 heterocycles. The number of hydrogen-bond acceptors (Lipinski definition) is 2. The van der Waals surface area contributed by atoms with E-state index < -0.39 is 8.38 Å². The van der Waals surface area contributed by atoms with Gasteiger partial charge in [0.25, 0.3) is 0 Å². The highest BCUT2D eigenvalue weighted by Gasteiger charge is 2.64. The minimum Gasteiger partial charge on any atom is -0.330 e. The first kappa shape index (κ1) is 17.7. The highest BCUT2D eigenvalue weighted by Crippen LogP contribution is 2.70. The Kier molecular flexibility index (Phi) is 3.85. The molecule has 3 heteroatoms. The fourth-order valence-electron chi connectivity index (χ4n) is 6.96. The van der Waals surface area contributed by atoms with Crippen molar-refractivity contribution in [1.29, 1.82) is 0 Å². The average Bonchev–Trinajstić information content (AvgIpc) is 2.99. The number of fused-ring (bicyclic) bond motifs is 4. The third-order valence-electron chi connectivity index (χ3n) is 9.98. The Morgan fingerprint density at radius 3 is 1.33 bits per heavy atom. The molecule has 0 amide bonds. The highest BCUT2D eigenvalue weighted by atomic mass is 31.2. The summed E-state index contributed by atoms with van der Waals surface area (Å²) in [5, 5.41) is 0. The van der Waals surface area contributed by atoms with Crippen LogP contribution in [0.1, 0.15) is 80.1 Å². The molecule has 138 valence electrons. The van der Waals surface area contributed by atoms with Crippen LogP contribution in [0.5, 0.6) is 0 Å². The van der Waals surface area contributed by atoms with Gasteiger partial charge in [-0.1, -0.05) is 41.5 Å². The van der Waals surface area contributed by atoms with Gasteiger partial charge in [-0.05, 0) is 72.0 Å². The SMILES string of the molecule is CP(O[C@@H]1C[C@H]2CC[C@@]1(C)C2(C)C)O[C@@H]1C[C@H]2CC[C@@]1(C)C2(C)C. The maximum absolute atomic E-state index is 6.61. The van der Waals surface area contributed by atoms with Crippen LogP contribution >= 0.6 is 8.38 Å². The zero-order valence-corrected chi connectivity index (χ0v) is 17.7. The van der Waals surface area contributed by atoms with Gasteiger partial charge >= 0.3 is 0 Å². The van der Waals surface area contributed by atoms with Crippen molar-refractivity contribution >= 4 is 8.38 Å². The van der Waals surface area contributed by atoms with Gasteiger partial charge in [0.15, 0.2) is 8.38 Å². The third kappa shape index (κ3) is 2.06. The van der Waals surface area contributed by atoms with Gasteiger partial charge in [0.2, 0.25) is 0 Å². The van der Waals surface area contributed by atoms with Crippen molar-refractivity contribution in [1.82, 2.24) is 0 Å². The normalized spacial score (nSPS) is 51.0. The van der Waals surface area contributed by atoms with E-state index in [2.05, 4.69) is 48.2 Å². The molecule has 0 saturated heterocycles. The molecule has 4 fully saturated rings. The van der Waals surface area contributed by atoms with Gasteiger partial charge in [0, 0.05) is 6.66 Å². The molecule has 6 atom stereocenters. The highest BCUT2D eigenvalue weighted by molar-refractivity contribution is 7.46. The summed E-state index contributed by atoms with van der Waals surface area (Å²) in [6, 6.07) is 0. The summed E-state index contributed by atoms with van der Waals surface area (Å²) in [5.74, 6) is 1.68. The molecular weight excluding hydrogens is 315 g/mol. The van der Waals surface area contributed by atoms with Crippen LogP contribution in [0.25, 0.3) is 0 Å². The van der Waals surface area contributed by atoms with E-state index >= 15 is 0 Å². The second-order valence-corrected chi connectivity index (χ2v) is 12.1. The zero-order chi connectivity index (χ0) is 17.5. The van der Waals surface area contributed by atoms with Crippen LogP contribution in [0.2, 0.25) is 0 Å². The fourth-order valence-corrected chi connectivity index (χ4v) is 8.37. The summed E-state index contributed by atoms with van der Waals surface area (Å²) in [6.45, 7) is 17.0. The standard InChI is InChI=1S/C21H37O2P/c1-18(2)14-8-10-20(18,5)16(12-14)22-24(7)23-17-13-15-9-11-21(17,6)19(15,3)4/h14-17H,8-13H2,1-7H3/t14-,15-,16-,17-,20-,21-/m1/s1. The first-order valence-electron chi connectivity index (χ1n) is 10.1. The molecule has 0 aromatic rings. The van der Waals surface area contributed by atoms with Gasteiger partial charge in [0.05, 0.1) is 12.2 Å². The van der Waals surface area contributed by atoms with Crippen molar-refractivity contribution in [2.45, 2.75) is 92.3 Å². The van der Waals surface area contributed by atoms with Crippen molar-refractivity contribution in [2.75, 3.05) is 6.66 Å². The molecule has 4 rings (SSSR count). The van der Waals surface area contributed by atoms with E-state index in [1.165, 1.54) is 38.5 Å².